The van der Waals surface area contributed by atoms with Gasteiger partial charge < -0.3 is 0 Å². The molecule has 0 saturated carbocycles. The first kappa shape index (κ1) is 29.7. The van der Waals surface area contributed by atoms with Gasteiger partial charge in [-0.15, -0.1) is 11.3 Å². The molecule has 11 rings (SSSR count). The molecule has 11 aromatic rings. The van der Waals surface area contributed by atoms with Crippen LogP contribution in [0.1, 0.15) is 0 Å². The summed E-state index contributed by atoms with van der Waals surface area (Å²) in [5.41, 5.74) is 8.20. The Hall–Kier alpha value is -6.96. The van der Waals surface area contributed by atoms with Gasteiger partial charge in [0.25, 0.3) is 0 Å². The average Bonchev–Trinajstić information content (AvgIpc) is 3.90. The van der Waals surface area contributed by atoms with E-state index in [-0.39, 0.29) is 0 Å². The maximum Gasteiger partial charge on any atom is 0.238 e. The van der Waals surface area contributed by atoms with Gasteiger partial charge in [0.2, 0.25) is 5.95 Å². The Morgan fingerprint density at radius 1 is 0.415 bits per heavy atom. The Labute approximate surface area is 307 Å². The van der Waals surface area contributed by atoms with E-state index in [0.717, 1.165) is 61.0 Å². The third-order valence-corrected chi connectivity index (χ3v) is 11.2. The summed E-state index contributed by atoms with van der Waals surface area (Å²) in [6.45, 7) is 0. The van der Waals surface area contributed by atoms with Crippen LogP contribution < -0.4 is 0 Å². The van der Waals surface area contributed by atoms with Gasteiger partial charge >= 0.3 is 0 Å². The van der Waals surface area contributed by atoms with Crippen molar-refractivity contribution in [2.45, 2.75) is 0 Å². The Bertz CT molecular complexity index is 3090. The summed E-state index contributed by atoms with van der Waals surface area (Å²) in [7, 11) is 0. The van der Waals surface area contributed by atoms with E-state index in [0.29, 0.717) is 17.6 Å². The molecular formula is C46H28N6S. The summed E-state index contributed by atoms with van der Waals surface area (Å²) in [6.07, 6.45) is 0. The van der Waals surface area contributed by atoms with Crippen LogP contribution in [0, 0.1) is 0 Å². The molecule has 0 bridgehead atoms. The van der Waals surface area contributed by atoms with E-state index in [4.69, 9.17) is 19.9 Å². The molecule has 0 N–H and O–H groups in total. The van der Waals surface area contributed by atoms with Crippen molar-refractivity contribution in [1.29, 1.82) is 0 Å². The van der Waals surface area contributed by atoms with Crippen LogP contribution in [0.5, 0.6) is 0 Å². The molecule has 4 heterocycles. The fourth-order valence-electron chi connectivity index (χ4n) is 7.58. The van der Waals surface area contributed by atoms with Crippen molar-refractivity contribution >= 4 is 64.3 Å². The lowest BCUT2D eigenvalue weighted by Crippen LogP contribution is -2.06. The number of fused-ring (bicyclic) bond motifs is 8. The number of hydrogen-bond donors (Lipinski definition) is 0. The van der Waals surface area contributed by atoms with E-state index in [9.17, 15) is 0 Å². The minimum atomic E-state index is 0.587. The summed E-state index contributed by atoms with van der Waals surface area (Å²) in [5.74, 6) is 2.78. The van der Waals surface area contributed by atoms with E-state index in [1.54, 1.807) is 0 Å². The molecule has 0 amide bonds. The van der Waals surface area contributed by atoms with Crippen LogP contribution in [0.15, 0.2) is 170 Å². The zero-order valence-electron chi connectivity index (χ0n) is 28.3. The molecule has 53 heavy (non-hydrogen) atoms. The van der Waals surface area contributed by atoms with Crippen LogP contribution in [-0.4, -0.2) is 29.1 Å². The van der Waals surface area contributed by atoms with E-state index >= 15 is 0 Å². The second-order valence-electron chi connectivity index (χ2n) is 13.1. The number of imidazole rings is 1. The van der Waals surface area contributed by atoms with E-state index in [1.807, 2.05) is 78.1 Å². The van der Waals surface area contributed by atoms with Crippen molar-refractivity contribution in [2.75, 3.05) is 0 Å². The molecule has 0 atom stereocenters. The smallest absolute Gasteiger partial charge is 0.238 e. The Morgan fingerprint density at radius 3 is 1.68 bits per heavy atom. The van der Waals surface area contributed by atoms with Crippen molar-refractivity contribution in [3.8, 4) is 45.8 Å². The largest absolute Gasteiger partial charge is 0.292 e. The maximum absolute atomic E-state index is 5.27. The minimum Gasteiger partial charge on any atom is -0.292 e. The predicted octanol–water partition coefficient (Wildman–Crippen LogP) is 11.7. The molecule has 0 aliphatic carbocycles. The Morgan fingerprint density at radius 2 is 1.00 bits per heavy atom. The first-order chi connectivity index (χ1) is 26.3. The molecule has 0 unspecified atom stereocenters. The molecule has 248 valence electrons. The number of para-hydroxylation sites is 2. The van der Waals surface area contributed by atoms with Crippen LogP contribution in [0.25, 0.3) is 98.8 Å². The predicted molar refractivity (Wildman–Crippen MR) is 218 cm³/mol. The topological polar surface area (TPSA) is 61.4 Å². The highest BCUT2D eigenvalue weighted by Gasteiger charge is 2.22. The number of benzene rings is 7. The van der Waals surface area contributed by atoms with Crippen LogP contribution in [0.3, 0.4) is 0 Å². The molecule has 4 aromatic heterocycles. The fraction of sp³-hybridized carbons (Fsp3) is 0. The number of nitrogens with zero attached hydrogens (tertiary/aromatic N) is 6. The normalized spacial score (nSPS) is 11.8. The molecule has 0 spiro atoms. The van der Waals surface area contributed by atoms with Crippen LogP contribution in [-0.2, 0) is 0 Å². The van der Waals surface area contributed by atoms with Gasteiger partial charge in [-0.1, -0.05) is 140 Å². The number of thiophene rings is 1. The lowest BCUT2D eigenvalue weighted by molar-refractivity contribution is 0.955. The zero-order valence-corrected chi connectivity index (χ0v) is 29.1. The van der Waals surface area contributed by atoms with Crippen molar-refractivity contribution in [3.05, 3.63) is 170 Å². The highest BCUT2D eigenvalue weighted by atomic mass is 32.1. The van der Waals surface area contributed by atoms with Crippen molar-refractivity contribution in [2.24, 2.45) is 0 Å². The molecule has 0 aliphatic heterocycles. The average molecular weight is 697 g/mol. The molecule has 6 nitrogen and oxygen atoms in total. The van der Waals surface area contributed by atoms with Gasteiger partial charge in [-0.3, -0.25) is 9.13 Å². The van der Waals surface area contributed by atoms with Crippen LogP contribution in [0.2, 0.25) is 0 Å². The lowest BCUT2D eigenvalue weighted by atomic mass is 10.1. The molecule has 0 radical (unpaired) electrons. The highest BCUT2D eigenvalue weighted by Crippen LogP contribution is 2.44. The highest BCUT2D eigenvalue weighted by molar-refractivity contribution is 7.26. The second kappa shape index (κ2) is 11.8. The SMILES string of the molecule is c1ccc(-c2nc(-c3ccccc3)nc(-n3c4ccccc4c4ccc5c6cc7nc(-c8ccccc8)n(-c8ccccc8)c7cc6sc5c43)n2)cc1. The fourth-order valence-corrected chi connectivity index (χ4v) is 8.83. The third-order valence-electron chi connectivity index (χ3n) is 9.98. The first-order valence-corrected chi connectivity index (χ1v) is 18.4. The van der Waals surface area contributed by atoms with Gasteiger partial charge in [0.05, 0.1) is 26.8 Å². The number of rotatable bonds is 5. The molecule has 0 fully saturated rings. The van der Waals surface area contributed by atoms with Gasteiger partial charge in [0.15, 0.2) is 11.6 Å². The maximum atomic E-state index is 5.27. The second-order valence-corrected chi connectivity index (χ2v) is 14.2. The minimum absolute atomic E-state index is 0.587. The Kier molecular flexibility index (Phi) is 6.62. The first-order valence-electron chi connectivity index (χ1n) is 17.6. The van der Waals surface area contributed by atoms with Crippen LogP contribution in [0.4, 0.5) is 0 Å². The van der Waals surface area contributed by atoms with E-state index in [1.165, 1.54) is 20.2 Å². The quantitative estimate of drug-likeness (QED) is 0.180. The van der Waals surface area contributed by atoms with Crippen molar-refractivity contribution in [3.63, 3.8) is 0 Å². The molecule has 7 heteroatoms. The van der Waals surface area contributed by atoms with E-state index < -0.39 is 0 Å². The summed E-state index contributed by atoms with van der Waals surface area (Å²) in [4.78, 5) is 20.6. The number of aromatic nitrogens is 6. The summed E-state index contributed by atoms with van der Waals surface area (Å²) < 4.78 is 6.89. The van der Waals surface area contributed by atoms with E-state index in [2.05, 4.69) is 112 Å². The van der Waals surface area contributed by atoms with Crippen molar-refractivity contribution in [1.82, 2.24) is 29.1 Å². The van der Waals surface area contributed by atoms with Gasteiger partial charge in [-0.2, -0.15) is 9.97 Å². The molecular weight excluding hydrogens is 669 g/mol. The molecule has 0 aliphatic rings. The monoisotopic (exact) mass is 696 g/mol. The summed E-state index contributed by atoms with van der Waals surface area (Å²) in [5, 5.41) is 4.67. The van der Waals surface area contributed by atoms with Gasteiger partial charge in [-0.25, -0.2) is 9.97 Å². The van der Waals surface area contributed by atoms with Gasteiger partial charge in [0, 0.05) is 48.6 Å². The molecule has 7 aromatic carbocycles. The Balaban J connectivity index is 1.21. The van der Waals surface area contributed by atoms with Crippen molar-refractivity contribution < 1.29 is 0 Å². The van der Waals surface area contributed by atoms with Gasteiger partial charge in [-0.05, 0) is 30.3 Å². The zero-order chi connectivity index (χ0) is 34.9. The number of hydrogen-bond acceptors (Lipinski definition) is 5. The van der Waals surface area contributed by atoms with Crippen LogP contribution >= 0.6 is 11.3 Å². The summed E-state index contributed by atoms with van der Waals surface area (Å²) >= 11 is 1.81. The standard InChI is InChI=1S/C46H28N6S/c1-5-15-29(16-6-1)43-48-44(30-17-7-2-8-18-30)50-46(49-43)52-38-24-14-13-23-33(38)34-25-26-35-36-27-37-39(28-40(36)53-42(35)41(34)52)51(32-21-11-4-12-22-32)45(47-37)31-19-9-3-10-20-31/h1-28H. The third kappa shape index (κ3) is 4.71. The summed E-state index contributed by atoms with van der Waals surface area (Å²) in [6, 6.07) is 58.9. The lowest BCUT2D eigenvalue weighted by Gasteiger charge is -2.11. The van der Waals surface area contributed by atoms with Gasteiger partial charge in [0.1, 0.15) is 5.82 Å². The molecule has 0 saturated heterocycles.